The monoisotopic (exact) mass is 232 g/mol. The Balaban J connectivity index is 2.65. The Morgan fingerprint density at radius 2 is 2.14 bits per heavy atom. The second-order valence-electron chi connectivity index (χ2n) is 3.16. The minimum Gasteiger partial charge on any atom is -0.384 e. The summed E-state index contributed by atoms with van der Waals surface area (Å²) in [7, 11) is -3.71. The second-order valence-corrected chi connectivity index (χ2v) is 5.10. The molecule has 4 nitrogen and oxygen atoms in total. The Morgan fingerprint density at radius 1 is 1.43 bits per heavy atom. The molecule has 3 N–H and O–H groups in total. The van der Waals surface area contributed by atoms with E-state index < -0.39 is 10.0 Å². The van der Waals surface area contributed by atoms with Crippen LogP contribution in [0.4, 0.5) is 5.69 Å². The Morgan fingerprint density at radius 3 is 2.79 bits per heavy atom. The summed E-state index contributed by atoms with van der Waals surface area (Å²) in [6, 6.07) is 3.14. The third-order valence-corrected chi connectivity index (χ3v) is 3.55. The lowest BCUT2D eigenvalue weighted by Gasteiger charge is -2.05. The number of hydrogen-bond donors (Lipinski definition) is 2. The molecule has 0 bridgehead atoms. The molecule has 0 saturated heterocycles. The van der Waals surface area contributed by atoms with Crippen molar-refractivity contribution in [3.63, 3.8) is 0 Å². The first kappa shape index (κ1) is 9.76. The summed E-state index contributed by atoms with van der Waals surface area (Å²) < 4.78 is 22.3. The topological polar surface area (TPSA) is 72.2 Å². The molecule has 0 amide bonds. The summed E-state index contributed by atoms with van der Waals surface area (Å²) in [4.78, 5) is 0.00150. The molecule has 1 aliphatic heterocycles. The molecule has 0 unspecified atom stereocenters. The van der Waals surface area contributed by atoms with Crippen LogP contribution >= 0.6 is 11.6 Å². The van der Waals surface area contributed by atoms with E-state index in [-0.39, 0.29) is 9.92 Å². The van der Waals surface area contributed by atoms with Gasteiger partial charge in [0, 0.05) is 12.2 Å². The van der Waals surface area contributed by atoms with Crippen molar-refractivity contribution < 1.29 is 8.42 Å². The van der Waals surface area contributed by atoms with Crippen molar-refractivity contribution in [3.05, 3.63) is 22.7 Å². The fourth-order valence-electron chi connectivity index (χ4n) is 1.52. The number of sulfonamides is 1. The maximum absolute atomic E-state index is 11.1. The number of nitrogens with one attached hydrogen (secondary N) is 1. The molecular weight excluding hydrogens is 224 g/mol. The lowest BCUT2D eigenvalue weighted by Crippen LogP contribution is -2.13. The Labute approximate surface area is 87.1 Å². The molecule has 6 heteroatoms. The summed E-state index contributed by atoms with van der Waals surface area (Å²) in [5, 5.41) is 8.29. The van der Waals surface area contributed by atoms with E-state index in [1.54, 1.807) is 6.07 Å². The zero-order valence-electron chi connectivity index (χ0n) is 7.25. The zero-order chi connectivity index (χ0) is 10.3. The van der Waals surface area contributed by atoms with Crippen LogP contribution < -0.4 is 10.5 Å². The van der Waals surface area contributed by atoms with Crippen molar-refractivity contribution in [2.24, 2.45) is 5.14 Å². The Hall–Kier alpha value is -0.780. The van der Waals surface area contributed by atoms with Gasteiger partial charge in [-0.15, -0.1) is 0 Å². The minimum absolute atomic E-state index is 0.00150. The molecule has 76 valence electrons. The minimum atomic E-state index is -3.71. The van der Waals surface area contributed by atoms with E-state index in [2.05, 4.69) is 5.32 Å². The SMILES string of the molecule is NS(=O)(=O)c1cc2c(cc1Cl)NCC2. The van der Waals surface area contributed by atoms with Gasteiger partial charge < -0.3 is 5.32 Å². The predicted octanol–water partition coefficient (Wildman–Crippen LogP) is 0.955. The molecule has 0 fully saturated rings. The average molecular weight is 233 g/mol. The normalized spacial score (nSPS) is 15.0. The van der Waals surface area contributed by atoms with Crippen LogP contribution in [0.15, 0.2) is 17.0 Å². The maximum atomic E-state index is 11.1. The van der Waals surface area contributed by atoms with E-state index in [9.17, 15) is 8.42 Å². The summed E-state index contributed by atoms with van der Waals surface area (Å²) in [5.74, 6) is 0. The largest absolute Gasteiger partial charge is 0.384 e. The lowest BCUT2D eigenvalue weighted by molar-refractivity contribution is 0.598. The fourth-order valence-corrected chi connectivity index (χ4v) is 2.64. The van der Waals surface area contributed by atoms with Crippen LogP contribution in [0.5, 0.6) is 0 Å². The summed E-state index contributed by atoms with van der Waals surface area (Å²) in [5.41, 5.74) is 1.83. The van der Waals surface area contributed by atoms with Crippen LogP contribution in [0.2, 0.25) is 5.02 Å². The quantitative estimate of drug-likeness (QED) is 0.758. The molecule has 0 spiro atoms. The first-order valence-corrected chi connectivity index (χ1v) is 6.00. The van der Waals surface area contributed by atoms with Gasteiger partial charge in [-0.2, -0.15) is 0 Å². The van der Waals surface area contributed by atoms with Crippen molar-refractivity contribution in [2.45, 2.75) is 11.3 Å². The molecule has 0 saturated carbocycles. The molecule has 0 radical (unpaired) electrons. The molecule has 0 aliphatic carbocycles. The molecule has 0 aromatic heterocycles. The van der Waals surface area contributed by atoms with Gasteiger partial charge >= 0.3 is 0 Å². The van der Waals surface area contributed by atoms with Crippen LogP contribution in [0.1, 0.15) is 5.56 Å². The van der Waals surface area contributed by atoms with E-state index in [4.69, 9.17) is 16.7 Å². The smallest absolute Gasteiger partial charge is 0.239 e. The molecule has 14 heavy (non-hydrogen) atoms. The standard InChI is InChI=1S/C8H9ClN2O2S/c9-6-4-7-5(1-2-11-7)3-8(6)14(10,12)13/h3-4,11H,1-2H2,(H2,10,12,13). The van der Waals surface area contributed by atoms with Crippen LogP contribution in [0.3, 0.4) is 0 Å². The van der Waals surface area contributed by atoms with Gasteiger partial charge in [-0.05, 0) is 24.1 Å². The van der Waals surface area contributed by atoms with E-state index in [1.165, 1.54) is 6.07 Å². The highest BCUT2D eigenvalue weighted by Gasteiger charge is 2.18. The average Bonchev–Trinajstić information content (AvgIpc) is 2.47. The van der Waals surface area contributed by atoms with Crippen LogP contribution in [0, 0.1) is 0 Å². The first-order valence-electron chi connectivity index (χ1n) is 4.07. The van der Waals surface area contributed by atoms with Gasteiger partial charge in [-0.3, -0.25) is 0 Å². The molecule has 1 aliphatic rings. The van der Waals surface area contributed by atoms with Crippen LogP contribution in [-0.2, 0) is 16.4 Å². The Kier molecular flexibility index (Phi) is 2.17. The van der Waals surface area contributed by atoms with Crippen molar-refractivity contribution in [1.82, 2.24) is 0 Å². The van der Waals surface area contributed by atoms with Gasteiger partial charge in [0.25, 0.3) is 0 Å². The number of nitrogens with two attached hydrogens (primary N) is 1. The van der Waals surface area contributed by atoms with Gasteiger partial charge in [0.15, 0.2) is 0 Å². The Bertz CT molecular complexity index is 484. The van der Waals surface area contributed by atoms with Crippen LogP contribution in [0.25, 0.3) is 0 Å². The van der Waals surface area contributed by atoms with E-state index in [0.717, 1.165) is 24.2 Å². The van der Waals surface area contributed by atoms with Crippen molar-refractivity contribution in [2.75, 3.05) is 11.9 Å². The molecule has 1 heterocycles. The number of rotatable bonds is 1. The highest BCUT2D eigenvalue weighted by atomic mass is 35.5. The number of anilines is 1. The molecular formula is C8H9ClN2O2S. The fraction of sp³-hybridized carbons (Fsp3) is 0.250. The van der Waals surface area contributed by atoms with E-state index in [1.807, 2.05) is 0 Å². The number of fused-ring (bicyclic) bond motifs is 1. The molecule has 0 atom stereocenters. The maximum Gasteiger partial charge on any atom is 0.239 e. The van der Waals surface area contributed by atoms with Crippen molar-refractivity contribution >= 4 is 27.3 Å². The highest BCUT2D eigenvalue weighted by molar-refractivity contribution is 7.89. The summed E-state index contributed by atoms with van der Waals surface area (Å²) in [6.07, 6.45) is 0.801. The first-order chi connectivity index (χ1) is 6.48. The number of benzene rings is 1. The van der Waals surface area contributed by atoms with Gasteiger partial charge in [-0.25, -0.2) is 13.6 Å². The van der Waals surface area contributed by atoms with E-state index in [0.29, 0.717) is 0 Å². The van der Waals surface area contributed by atoms with E-state index >= 15 is 0 Å². The lowest BCUT2D eigenvalue weighted by atomic mass is 10.2. The number of halogens is 1. The van der Waals surface area contributed by atoms with Gasteiger partial charge in [0.1, 0.15) is 4.90 Å². The number of primary sulfonamides is 1. The van der Waals surface area contributed by atoms with Gasteiger partial charge in [-0.1, -0.05) is 11.6 Å². The number of hydrogen-bond acceptors (Lipinski definition) is 3. The molecule has 2 rings (SSSR count). The molecule has 1 aromatic rings. The summed E-state index contributed by atoms with van der Waals surface area (Å²) >= 11 is 5.79. The van der Waals surface area contributed by atoms with Crippen molar-refractivity contribution in [1.29, 1.82) is 0 Å². The molecule has 1 aromatic carbocycles. The predicted molar refractivity (Wildman–Crippen MR) is 55.0 cm³/mol. The van der Waals surface area contributed by atoms with Crippen LogP contribution in [-0.4, -0.2) is 15.0 Å². The zero-order valence-corrected chi connectivity index (χ0v) is 8.82. The highest BCUT2D eigenvalue weighted by Crippen LogP contribution is 2.30. The van der Waals surface area contributed by atoms with Gasteiger partial charge in [0.05, 0.1) is 5.02 Å². The second kappa shape index (κ2) is 3.12. The third kappa shape index (κ3) is 1.58. The summed E-state index contributed by atoms with van der Waals surface area (Å²) in [6.45, 7) is 0.805. The van der Waals surface area contributed by atoms with Gasteiger partial charge in [0.2, 0.25) is 10.0 Å². The van der Waals surface area contributed by atoms with Crippen molar-refractivity contribution in [3.8, 4) is 0 Å². The third-order valence-electron chi connectivity index (χ3n) is 2.17.